The van der Waals surface area contributed by atoms with Crippen LogP contribution in [0.2, 0.25) is 0 Å². The summed E-state index contributed by atoms with van der Waals surface area (Å²) in [4.78, 5) is 10.6. The van der Waals surface area contributed by atoms with Gasteiger partial charge in [0.25, 0.3) is 0 Å². The Labute approximate surface area is 147 Å². The van der Waals surface area contributed by atoms with Crippen molar-refractivity contribution in [3.05, 3.63) is 59.7 Å². The van der Waals surface area contributed by atoms with Gasteiger partial charge in [-0.15, -0.1) is 0 Å². The normalized spacial score (nSPS) is 21.0. The minimum Gasteiger partial charge on any atom is -0.506 e. The fourth-order valence-electron chi connectivity index (χ4n) is 3.46. The van der Waals surface area contributed by atoms with Crippen molar-refractivity contribution in [1.82, 2.24) is 5.32 Å². The Bertz CT molecular complexity index is 705. The van der Waals surface area contributed by atoms with E-state index in [9.17, 15) is 15.0 Å². The van der Waals surface area contributed by atoms with E-state index in [1.54, 1.807) is 12.1 Å². The first-order valence-corrected chi connectivity index (χ1v) is 8.68. The van der Waals surface area contributed by atoms with E-state index < -0.39 is 6.10 Å². The number of phenolic OH excluding ortho intramolecular Hbond substituents is 1. The molecule has 1 saturated heterocycles. The molecule has 0 radical (unpaired) electrons. The number of aryl methyl sites for hydroxylation is 1. The Morgan fingerprint density at radius 3 is 2.76 bits per heavy atom. The first-order chi connectivity index (χ1) is 12.2. The summed E-state index contributed by atoms with van der Waals surface area (Å²) in [5, 5.41) is 26.3. The van der Waals surface area contributed by atoms with E-state index in [4.69, 9.17) is 0 Å². The van der Waals surface area contributed by atoms with Gasteiger partial charge in [-0.1, -0.05) is 36.4 Å². The predicted octanol–water partition coefficient (Wildman–Crippen LogP) is 2.75. The van der Waals surface area contributed by atoms with E-state index in [-0.39, 0.29) is 11.8 Å². The van der Waals surface area contributed by atoms with Crippen molar-refractivity contribution in [2.75, 3.05) is 5.32 Å². The lowest BCUT2D eigenvalue weighted by atomic mass is 10.00. The number of carbonyl (C=O) groups excluding carboxylic acids is 1. The van der Waals surface area contributed by atoms with E-state index in [1.807, 2.05) is 6.07 Å². The molecule has 1 aliphatic rings. The Hall–Kier alpha value is -2.37. The summed E-state index contributed by atoms with van der Waals surface area (Å²) in [5.74, 6) is -0.0110. The average molecular weight is 340 g/mol. The van der Waals surface area contributed by atoms with Gasteiger partial charge in [0.15, 0.2) is 0 Å². The molecule has 2 aromatic rings. The molecule has 25 heavy (non-hydrogen) atoms. The van der Waals surface area contributed by atoms with Gasteiger partial charge >= 0.3 is 0 Å². The highest BCUT2D eigenvalue weighted by Crippen LogP contribution is 2.31. The van der Waals surface area contributed by atoms with Crippen molar-refractivity contribution < 1.29 is 15.0 Å². The number of aromatic hydroxyl groups is 1. The van der Waals surface area contributed by atoms with Crippen LogP contribution in [0.15, 0.2) is 48.5 Å². The van der Waals surface area contributed by atoms with Gasteiger partial charge in [0.05, 0.1) is 11.8 Å². The second-order valence-corrected chi connectivity index (χ2v) is 6.56. The number of aliphatic hydroxyl groups excluding tert-OH is 1. The second kappa shape index (κ2) is 8.14. The van der Waals surface area contributed by atoms with Gasteiger partial charge in [0, 0.05) is 12.1 Å². The molecule has 1 aliphatic heterocycles. The van der Waals surface area contributed by atoms with Gasteiger partial charge < -0.3 is 20.8 Å². The quantitative estimate of drug-likeness (QED) is 0.461. The number of hydrogen-bond acceptors (Lipinski definition) is 4. The Balaban J connectivity index is 1.58. The van der Waals surface area contributed by atoms with E-state index in [1.165, 1.54) is 11.6 Å². The lowest BCUT2D eigenvalue weighted by Gasteiger charge is -2.21. The van der Waals surface area contributed by atoms with Crippen LogP contribution >= 0.6 is 0 Å². The molecule has 5 nitrogen and oxygen atoms in total. The van der Waals surface area contributed by atoms with Crippen LogP contribution in [0.25, 0.3) is 0 Å². The van der Waals surface area contributed by atoms with Gasteiger partial charge in [-0.25, -0.2) is 0 Å². The summed E-state index contributed by atoms with van der Waals surface area (Å²) in [5.41, 5.74) is 2.32. The number of aliphatic hydroxyl groups is 1. The van der Waals surface area contributed by atoms with Crippen molar-refractivity contribution in [2.45, 2.75) is 43.9 Å². The molecule has 0 saturated carbocycles. The second-order valence-electron chi connectivity index (χ2n) is 6.56. The molecule has 2 aromatic carbocycles. The first-order valence-electron chi connectivity index (χ1n) is 8.68. The third-order valence-electron chi connectivity index (χ3n) is 4.86. The van der Waals surface area contributed by atoms with Gasteiger partial charge in [-0.2, -0.15) is 0 Å². The molecule has 5 heteroatoms. The van der Waals surface area contributed by atoms with Gasteiger partial charge in [0.2, 0.25) is 6.41 Å². The van der Waals surface area contributed by atoms with Crippen LogP contribution in [-0.2, 0) is 11.2 Å². The number of phenols is 1. The van der Waals surface area contributed by atoms with Crippen molar-refractivity contribution in [3.63, 3.8) is 0 Å². The Morgan fingerprint density at radius 1 is 1.20 bits per heavy atom. The topological polar surface area (TPSA) is 81.6 Å². The molecular formula is C20H24N2O3. The number of amides is 1. The summed E-state index contributed by atoms with van der Waals surface area (Å²) in [7, 11) is 0. The minimum atomic E-state index is -0.672. The highest BCUT2D eigenvalue weighted by atomic mass is 16.3. The summed E-state index contributed by atoms with van der Waals surface area (Å²) >= 11 is 0. The number of anilines is 1. The number of nitrogens with one attached hydrogen (secondary N) is 2. The largest absolute Gasteiger partial charge is 0.506 e. The van der Waals surface area contributed by atoms with Crippen LogP contribution in [0.1, 0.15) is 36.5 Å². The minimum absolute atomic E-state index is 0.0110. The molecule has 3 unspecified atom stereocenters. The molecule has 3 atom stereocenters. The van der Waals surface area contributed by atoms with E-state index >= 15 is 0 Å². The molecular weight excluding hydrogens is 316 g/mol. The predicted molar refractivity (Wildman–Crippen MR) is 97.5 cm³/mol. The van der Waals surface area contributed by atoms with E-state index in [0.717, 1.165) is 25.7 Å². The van der Waals surface area contributed by atoms with Gasteiger partial charge in [0.1, 0.15) is 5.75 Å². The number of rotatable bonds is 7. The molecule has 1 amide bonds. The number of benzene rings is 2. The molecule has 0 aliphatic carbocycles. The van der Waals surface area contributed by atoms with Crippen molar-refractivity contribution >= 4 is 12.1 Å². The van der Waals surface area contributed by atoms with Crippen LogP contribution in [0.5, 0.6) is 5.75 Å². The van der Waals surface area contributed by atoms with E-state index in [2.05, 4.69) is 34.9 Å². The van der Waals surface area contributed by atoms with Crippen LogP contribution in [-0.4, -0.2) is 28.7 Å². The SMILES string of the molecule is O=CNc1cc(C(O)C2CCC(CCc3ccccc3)N2)ccc1O. The Kier molecular flexibility index (Phi) is 5.68. The summed E-state index contributed by atoms with van der Waals surface area (Å²) < 4.78 is 0. The fourth-order valence-corrected chi connectivity index (χ4v) is 3.46. The monoisotopic (exact) mass is 340 g/mol. The zero-order valence-corrected chi connectivity index (χ0v) is 14.1. The molecule has 4 N–H and O–H groups in total. The zero-order chi connectivity index (χ0) is 17.6. The van der Waals surface area contributed by atoms with E-state index in [0.29, 0.717) is 23.7 Å². The summed E-state index contributed by atoms with van der Waals surface area (Å²) in [6.07, 6.45) is 3.84. The zero-order valence-electron chi connectivity index (χ0n) is 14.1. The van der Waals surface area contributed by atoms with Gasteiger partial charge in [-0.05, 0) is 48.9 Å². The van der Waals surface area contributed by atoms with Crippen LogP contribution in [0.3, 0.4) is 0 Å². The third-order valence-corrected chi connectivity index (χ3v) is 4.86. The Morgan fingerprint density at radius 2 is 2.00 bits per heavy atom. The maximum absolute atomic E-state index is 10.6. The number of carbonyl (C=O) groups is 1. The van der Waals surface area contributed by atoms with Crippen LogP contribution in [0.4, 0.5) is 5.69 Å². The molecule has 0 aromatic heterocycles. The molecule has 1 fully saturated rings. The lowest BCUT2D eigenvalue weighted by molar-refractivity contribution is -0.105. The van der Waals surface area contributed by atoms with Crippen LogP contribution < -0.4 is 10.6 Å². The highest BCUT2D eigenvalue weighted by Gasteiger charge is 2.30. The summed E-state index contributed by atoms with van der Waals surface area (Å²) in [6, 6.07) is 15.6. The first kappa shape index (κ1) is 17.5. The molecule has 0 spiro atoms. The smallest absolute Gasteiger partial charge is 0.211 e. The lowest BCUT2D eigenvalue weighted by Crippen LogP contribution is -2.34. The van der Waals surface area contributed by atoms with Crippen LogP contribution in [0, 0.1) is 0 Å². The maximum Gasteiger partial charge on any atom is 0.211 e. The molecule has 3 rings (SSSR count). The number of hydrogen-bond donors (Lipinski definition) is 4. The molecule has 0 bridgehead atoms. The van der Waals surface area contributed by atoms with Gasteiger partial charge in [-0.3, -0.25) is 4.79 Å². The maximum atomic E-state index is 10.6. The summed E-state index contributed by atoms with van der Waals surface area (Å²) in [6.45, 7) is 0. The molecule has 132 valence electrons. The highest BCUT2D eigenvalue weighted by molar-refractivity contribution is 5.75. The fraction of sp³-hybridized carbons (Fsp3) is 0.350. The third kappa shape index (κ3) is 4.38. The standard InChI is InChI=1S/C20H24N2O3/c23-13-21-18-12-15(7-11-19(18)24)20(25)17-10-9-16(22-17)8-6-14-4-2-1-3-5-14/h1-5,7,11-13,16-17,20,22,24-25H,6,8-10H2,(H,21,23). The van der Waals surface area contributed by atoms with Crippen molar-refractivity contribution in [3.8, 4) is 5.75 Å². The van der Waals surface area contributed by atoms with Crippen molar-refractivity contribution in [1.29, 1.82) is 0 Å². The van der Waals surface area contributed by atoms with Crippen molar-refractivity contribution in [2.24, 2.45) is 0 Å². The molecule has 1 heterocycles. The average Bonchev–Trinajstić information content (AvgIpc) is 3.11.